The quantitative estimate of drug-likeness (QED) is 0.906. The monoisotopic (exact) mass is 316 g/mol. The molecule has 1 aromatic heterocycles. The van der Waals surface area contributed by atoms with Crippen molar-refractivity contribution in [1.29, 1.82) is 0 Å². The van der Waals surface area contributed by atoms with Gasteiger partial charge in [-0.15, -0.1) is 0 Å². The number of aliphatic hydroxyl groups is 1. The number of halogens is 2. The maximum absolute atomic E-state index is 13.2. The van der Waals surface area contributed by atoms with Gasteiger partial charge in [0.25, 0.3) is 10.0 Å². The molecule has 0 radical (unpaired) electrons. The third kappa shape index (κ3) is 3.24. The summed E-state index contributed by atoms with van der Waals surface area (Å²) in [6, 6.07) is 6.24. The number of hydrogen-bond donors (Lipinski definition) is 2. The summed E-state index contributed by atoms with van der Waals surface area (Å²) in [5, 5.41) is 8.53. The first-order valence-corrected chi connectivity index (χ1v) is 7.32. The molecule has 2 aromatic rings. The second-order valence-electron chi connectivity index (χ2n) is 3.90. The van der Waals surface area contributed by atoms with E-state index in [1.165, 1.54) is 30.5 Å². The standard InChI is InChI=1S/C12H10ClFN2O3S/c13-10-3-2-9(5-11(10)14)16-20(18,19)12-4-1-8(7-17)6-15-12/h1-6,16-17H,7H2. The van der Waals surface area contributed by atoms with Gasteiger partial charge in [-0.25, -0.2) is 9.37 Å². The lowest BCUT2D eigenvalue weighted by Crippen LogP contribution is -2.14. The van der Waals surface area contributed by atoms with Gasteiger partial charge in [-0.3, -0.25) is 4.72 Å². The number of aliphatic hydroxyl groups excluding tert-OH is 1. The molecule has 0 aliphatic heterocycles. The van der Waals surface area contributed by atoms with Crippen LogP contribution in [-0.4, -0.2) is 18.5 Å². The van der Waals surface area contributed by atoms with E-state index in [0.717, 1.165) is 6.07 Å². The van der Waals surface area contributed by atoms with E-state index in [0.29, 0.717) is 5.56 Å². The summed E-state index contributed by atoms with van der Waals surface area (Å²) in [4.78, 5) is 3.73. The first kappa shape index (κ1) is 14.7. The number of hydrogen-bond acceptors (Lipinski definition) is 4. The van der Waals surface area contributed by atoms with Gasteiger partial charge in [-0.2, -0.15) is 8.42 Å². The minimum atomic E-state index is -3.92. The summed E-state index contributed by atoms with van der Waals surface area (Å²) < 4.78 is 39.4. The number of nitrogens with one attached hydrogen (secondary N) is 1. The van der Waals surface area contributed by atoms with Crippen molar-refractivity contribution in [3.05, 3.63) is 52.9 Å². The molecule has 0 fully saturated rings. The lowest BCUT2D eigenvalue weighted by atomic mass is 10.3. The Hall–Kier alpha value is -1.70. The van der Waals surface area contributed by atoms with Crippen LogP contribution in [0.25, 0.3) is 0 Å². The van der Waals surface area contributed by atoms with E-state index < -0.39 is 15.8 Å². The molecular weight excluding hydrogens is 307 g/mol. The predicted octanol–water partition coefficient (Wildman–Crippen LogP) is 2.17. The lowest BCUT2D eigenvalue weighted by molar-refractivity contribution is 0.281. The summed E-state index contributed by atoms with van der Waals surface area (Å²) in [5.74, 6) is -0.726. The van der Waals surface area contributed by atoms with E-state index in [2.05, 4.69) is 9.71 Å². The van der Waals surface area contributed by atoms with E-state index in [1.807, 2.05) is 0 Å². The molecule has 20 heavy (non-hydrogen) atoms. The number of sulfonamides is 1. The van der Waals surface area contributed by atoms with Crippen LogP contribution in [0.3, 0.4) is 0 Å². The van der Waals surface area contributed by atoms with Crippen LogP contribution in [0, 0.1) is 5.82 Å². The highest BCUT2D eigenvalue weighted by Crippen LogP contribution is 2.21. The maximum Gasteiger partial charge on any atom is 0.279 e. The van der Waals surface area contributed by atoms with Crippen molar-refractivity contribution in [2.45, 2.75) is 11.6 Å². The Labute approximate surface area is 120 Å². The van der Waals surface area contributed by atoms with Crippen LogP contribution >= 0.6 is 11.6 Å². The van der Waals surface area contributed by atoms with E-state index in [-0.39, 0.29) is 22.3 Å². The number of pyridine rings is 1. The molecule has 5 nitrogen and oxygen atoms in total. The Kier molecular flexibility index (Phi) is 4.22. The molecule has 0 atom stereocenters. The first-order valence-electron chi connectivity index (χ1n) is 5.46. The van der Waals surface area contributed by atoms with Crippen LogP contribution in [0.15, 0.2) is 41.6 Å². The zero-order chi connectivity index (χ0) is 14.8. The zero-order valence-electron chi connectivity index (χ0n) is 10.0. The third-order valence-electron chi connectivity index (χ3n) is 2.43. The van der Waals surface area contributed by atoms with Crippen molar-refractivity contribution >= 4 is 27.3 Å². The third-order valence-corrected chi connectivity index (χ3v) is 4.03. The van der Waals surface area contributed by atoms with E-state index in [1.54, 1.807) is 0 Å². The van der Waals surface area contributed by atoms with Gasteiger partial charge in [0.2, 0.25) is 0 Å². The van der Waals surface area contributed by atoms with Crippen molar-refractivity contribution in [3.63, 3.8) is 0 Å². The fourth-order valence-corrected chi connectivity index (χ4v) is 2.53. The van der Waals surface area contributed by atoms with Crippen molar-refractivity contribution in [2.24, 2.45) is 0 Å². The molecule has 0 aliphatic rings. The number of anilines is 1. The van der Waals surface area contributed by atoms with Gasteiger partial charge in [-0.05, 0) is 29.8 Å². The number of aromatic nitrogens is 1. The molecule has 106 valence electrons. The van der Waals surface area contributed by atoms with Crippen LogP contribution < -0.4 is 4.72 Å². The number of rotatable bonds is 4. The van der Waals surface area contributed by atoms with Gasteiger partial charge in [-0.1, -0.05) is 17.7 Å². The molecule has 0 saturated carbocycles. The van der Waals surface area contributed by atoms with Gasteiger partial charge in [0, 0.05) is 6.20 Å². The SMILES string of the molecule is O=S(=O)(Nc1ccc(Cl)c(F)c1)c1ccc(CO)cn1. The van der Waals surface area contributed by atoms with Crippen LogP contribution in [0.5, 0.6) is 0 Å². The van der Waals surface area contributed by atoms with Crippen molar-refractivity contribution in [3.8, 4) is 0 Å². The van der Waals surface area contributed by atoms with Gasteiger partial charge in [0.1, 0.15) is 5.82 Å². The lowest BCUT2D eigenvalue weighted by Gasteiger charge is -2.08. The smallest absolute Gasteiger partial charge is 0.279 e. The van der Waals surface area contributed by atoms with E-state index in [9.17, 15) is 12.8 Å². The van der Waals surface area contributed by atoms with Gasteiger partial charge in [0.15, 0.2) is 5.03 Å². The molecular formula is C12H10ClFN2O3S. The minimum Gasteiger partial charge on any atom is -0.392 e. The molecule has 0 aliphatic carbocycles. The van der Waals surface area contributed by atoms with Crippen LogP contribution in [0.2, 0.25) is 5.02 Å². The molecule has 0 amide bonds. The Morgan fingerprint density at radius 3 is 2.60 bits per heavy atom. The Morgan fingerprint density at radius 1 is 1.30 bits per heavy atom. The Morgan fingerprint density at radius 2 is 2.05 bits per heavy atom. The summed E-state index contributed by atoms with van der Waals surface area (Å²) >= 11 is 5.51. The Balaban J connectivity index is 2.27. The van der Waals surface area contributed by atoms with Crippen molar-refractivity contribution in [2.75, 3.05) is 4.72 Å². The minimum absolute atomic E-state index is 0.0416. The van der Waals surface area contributed by atoms with E-state index >= 15 is 0 Å². The summed E-state index contributed by atoms with van der Waals surface area (Å²) in [5.41, 5.74) is 0.529. The number of nitrogens with zero attached hydrogens (tertiary/aromatic N) is 1. The summed E-state index contributed by atoms with van der Waals surface area (Å²) in [6.07, 6.45) is 1.25. The second kappa shape index (κ2) is 5.74. The van der Waals surface area contributed by atoms with Gasteiger partial charge >= 0.3 is 0 Å². The predicted molar refractivity (Wildman–Crippen MR) is 72.4 cm³/mol. The molecule has 2 N–H and O–H groups in total. The van der Waals surface area contributed by atoms with Crippen molar-refractivity contribution < 1.29 is 17.9 Å². The topological polar surface area (TPSA) is 79.3 Å². The fraction of sp³-hybridized carbons (Fsp3) is 0.0833. The first-order chi connectivity index (χ1) is 9.42. The van der Waals surface area contributed by atoms with Crippen LogP contribution in [0.4, 0.5) is 10.1 Å². The number of benzene rings is 1. The van der Waals surface area contributed by atoms with Gasteiger partial charge in [0.05, 0.1) is 17.3 Å². The zero-order valence-corrected chi connectivity index (χ0v) is 11.6. The summed E-state index contributed by atoms with van der Waals surface area (Å²) in [6.45, 7) is -0.233. The van der Waals surface area contributed by atoms with Crippen LogP contribution in [-0.2, 0) is 16.6 Å². The molecule has 8 heteroatoms. The normalized spacial score (nSPS) is 11.3. The average molecular weight is 317 g/mol. The van der Waals surface area contributed by atoms with E-state index in [4.69, 9.17) is 16.7 Å². The maximum atomic E-state index is 13.2. The highest BCUT2D eigenvalue weighted by molar-refractivity contribution is 7.92. The largest absolute Gasteiger partial charge is 0.392 e. The fourth-order valence-electron chi connectivity index (χ4n) is 1.43. The van der Waals surface area contributed by atoms with Crippen molar-refractivity contribution in [1.82, 2.24) is 4.98 Å². The molecule has 1 heterocycles. The molecule has 1 aromatic carbocycles. The average Bonchev–Trinajstić information content (AvgIpc) is 2.43. The van der Waals surface area contributed by atoms with Gasteiger partial charge < -0.3 is 5.11 Å². The molecule has 0 saturated heterocycles. The summed E-state index contributed by atoms with van der Waals surface area (Å²) in [7, 11) is -3.92. The molecule has 0 spiro atoms. The second-order valence-corrected chi connectivity index (χ2v) is 5.93. The molecule has 0 unspecified atom stereocenters. The highest BCUT2D eigenvalue weighted by Gasteiger charge is 2.16. The highest BCUT2D eigenvalue weighted by atomic mass is 35.5. The molecule has 2 rings (SSSR count). The van der Waals surface area contributed by atoms with Crippen LogP contribution in [0.1, 0.15) is 5.56 Å². The molecule has 0 bridgehead atoms. The Bertz CT molecular complexity index is 720.